The topological polar surface area (TPSA) is 94.1 Å². The number of rotatable bonds is 7. The Morgan fingerprint density at radius 3 is 2.54 bits per heavy atom. The van der Waals surface area contributed by atoms with Gasteiger partial charge in [0, 0.05) is 37.3 Å². The summed E-state index contributed by atoms with van der Waals surface area (Å²) in [4.78, 5) is 31.1. The van der Waals surface area contributed by atoms with Crippen LogP contribution >= 0.6 is 0 Å². The molecule has 3 aromatic rings. The quantitative estimate of drug-likeness (QED) is 0.482. The number of halogens is 3. The predicted octanol–water partition coefficient (Wildman–Crippen LogP) is 4.21. The van der Waals surface area contributed by atoms with E-state index in [9.17, 15) is 22.8 Å². The number of pyridine rings is 1. The normalized spacial score (nSPS) is 22.3. The Hall–Kier alpha value is -3.69. The molecule has 2 aliphatic carbocycles. The van der Waals surface area contributed by atoms with Gasteiger partial charge in [0.2, 0.25) is 5.91 Å². The van der Waals surface area contributed by atoms with E-state index >= 15 is 0 Å². The van der Waals surface area contributed by atoms with Gasteiger partial charge in [-0.15, -0.1) is 0 Å². The third kappa shape index (κ3) is 4.60. The number of piperidine rings is 1. The van der Waals surface area contributed by atoms with Gasteiger partial charge in [0.15, 0.2) is 5.78 Å². The van der Waals surface area contributed by atoms with Crippen LogP contribution in [0, 0.1) is 11.8 Å². The first-order valence-corrected chi connectivity index (χ1v) is 12.4. The first-order valence-electron chi connectivity index (χ1n) is 12.4. The van der Waals surface area contributed by atoms with E-state index in [1.807, 2.05) is 29.2 Å². The molecule has 3 atom stereocenters. The number of carbonyl (C=O) groups is 2. The molecule has 1 saturated carbocycles. The molecule has 1 aliphatic heterocycles. The summed E-state index contributed by atoms with van der Waals surface area (Å²) in [6.07, 6.45) is 0.319. The monoisotopic (exact) mass is 509 g/mol. The minimum atomic E-state index is -4.56. The van der Waals surface area contributed by atoms with Gasteiger partial charge < -0.3 is 10.6 Å². The van der Waals surface area contributed by atoms with Crippen molar-refractivity contribution in [1.82, 2.24) is 19.7 Å². The third-order valence-corrected chi connectivity index (χ3v) is 7.73. The molecule has 1 amide bonds. The summed E-state index contributed by atoms with van der Waals surface area (Å²) >= 11 is 0. The van der Waals surface area contributed by atoms with E-state index in [1.54, 1.807) is 10.9 Å². The number of hydrogen-bond acceptors (Lipinski definition) is 5. The van der Waals surface area contributed by atoms with E-state index in [4.69, 9.17) is 5.73 Å². The van der Waals surface area contributed by atoms with E-state index in [0.717, 1.165) is 30.2 Å². The average molecular weight is 510 g/mol. The Morgan fingerprint density at radius 1 is 1.14 bits per heavy atom. The maximum Gasteiger partial charge on any atom is 0.416 e. The molecule has 0 radical (unpaired) electrons. The smallest absolute Gasteiger partial charge is 0.384 e. The summed E-state index contributed by atoms with van der Waals surface area (Å²) in [6.45, 7) is 1.92. The SMILES string of the molecule is Nc1cc(C(F)(F)F)c2c(n1)CCC2CC(=O)c1cnn(Cc2ccc(CN3CC4CC4C3=O)cc2)c1. The second kappa shape index (κ2) is 8.71. The minimum Gasteiger partial charge on any atom is -0.384 e. The number of aryl methyl sites for hydroxylation is 1. The number of Topliss-reactive ketones (excluding diaryl/α,β-unsaturated/α-hetero) is 1. The Balaban J connectivity index is 1.09. The van der Waals surface area contributed by atoms with Gasteiger partial charge in [-0.25, -0.2) is 4.98 Å². The Bertz CT molecular complexity index is 1380. The lowest BCUT2D eigenvalue weighted by molar-refractivity contribution is -0.138. The Morgan fingerprint density at radius 2 is 1.86 bits per heavy atom. The minimum absolute atomic E-state index is 0.0427. The second-order valence-corrected chi connectivity index (χ2v) is 10.4. The molecule has 3 unspecified atom stereocenters. The highest BCUT2D eigenvalue weighted by Gasteiger charge is 2.51. The summed E-state index contributed by atoms with van der Waals surface area (Å²) in [5.74, 6) is 0.0946. The summed E-state index contributed by atoms with van der Waals surface area (Å²) in [5.41, 5.74) is 7.64. The number of benzene rings is 1. The van der Waals surface area contributed by atoms with Crippen molar-refractivity contribution in [1.29, 1.82) is 0 Å². The van der Waals surface area contributed by atoms with Gasteiger partial charge in [-0.05, 0) is 53.9 Å². The number of anilines is 1. The largest absolute Gasteiger partial charge is 0.416 e. The highest BCUT2D eigenvalue weighted by atomic mass is 19.4. The van der Waals surface area contributed by atoms with Crippen LogP contribution in [0.1, 0.15) is 63.5 Å². The van der Waals surface area contributed by atoms with Gasteiger partial charge in [0.1, 0.15) is 5.82 Å². The molecule has 0 spiro atoms. The van der Waals surface area contributed by atoms with Crippen molar-refractivity contribution in [3.63, 3.8) is 0 Å². The van der Waals surface area contributed by atoms with Crippen LogP contribution in [0.5, 0.6) is 0 Å². The lowest BCUT2D eigenvalue weighted by Gasteiger charge is -2.18. The summed E-state index contributed by atoms with van der Waals surface area (Å²) < 4.78 is 42.5. The lowest BCUT2D eigenvalue weighted by Crippen LogP contribution is -2.27. The zero-order valence-corrected chi connectivity index (χ0v) is 20.0. The van der Waals surface area contributed by atoms with Gasteiger partial charge in [0.25, 0.3) is 0 Å². The van der Waals surface area contributed by atoms with Crippen molar-refractivity contribution in [3.8, 4) is 0 Å². The van der Waals surface area contributed by atoms with Crippen LogP contribution in [0.4, 0.5) is 19.0 Å². The fraction of sp³-hybridized carbons (Fsp3) is 0.407. The fourth-order valence-electron chi connectivity index (χ4n) is 5.76. The molecule has 37 heavy (non-hydrogen) atoms. The molecule has 3 heterocycles. The molecular weight excluding hydrogens is 483 g/mol. The van der Waals surface area contributed by atoms with Gasteiger partial charge >= 0.3 is 6.18 Å². The molecule has 2 fully saturated rings. The number of ketones is 1. The molecule has 1 saturated heterocycles. The van der Waals surface area contributed by atoms with Crippen molar-refractivity contribution in [2.75, 3.05) is 12.3 Å². The highest BCUT2D eigenvalue weighted by molar-refractivity contribution is 5.96. The molecule has 3 aliphatic rings. The van der Waals surface area contributed by atoms with Gasteiger partial charge in [-0.1, -0.05) is 24.3 Å². The van der Waals surface area contributed by atoms with Crippen molar-refractivity contribution in [2.45, 2.75) is 50.9 Å². The van der Waals surface area contributed by atoms with E-state index in [0.29, 0.717) is 43.1 Å². The lowest BCUT2D eigenvalue weighted by atomic mass is 9.91. The first kappa shape index (κ1) is 23.7. The Kier molecular flexibility index (Phi) is 5.58. The van der Waals surface area contributed by atoms with Crippen LogP contribution in [-0.4, -0.2) is 37.9 Å². The number of carbonyl (C=O) groups excluding carboxylic acids is 2. The van der Waals surface area contributed by atoms with E-state index < -0.39 is 17.7 Å². The molecule has 7 nitrogen and oxygen atoms in total. The van der Waals surface area contributed by atoms with Crippen LogP contribution in [0.15, 0.2) is 42.7 Å². The maximum atomic E-state index is 13.6. The first-order chi connectivity index (χ1) is 17.7. The van der Waals surface area contributed by atoms with Gasteiger partial charge in [0.05, 0.1) is 23.9 Å². The predicted molar refractivity (Wildman–Crippen MR) is 128 cm³/mol. The van der Waals surface area contributed by atoms with E-state index in [-0.39, 0.29) is 35.4 Å². The number of hydrogen-bond donors (Lipinski definition) is 1. The number of nitrogen functional groups attached to an aromatic ring is 1. The fourth-order valence-corrected chi connectivity index (χ4v) is 5.76. The van der Waals surface area contributed by atoms with Crippen molar-refractivity contribution in [3.05, 3.63) is 76.2 Å². The zero-order valence-electron chi connectivity index (χ0n) is 20.0. The molecular formula is C27H26F3N5O2. The third-order valence-electron chi connectivity index (χ3n) is 7.73. The highest BCUT2D eigenvalue weighted by Crippen LogP contribution is 2.46. The van der Waals surface area contributed by atoms with Crippen LogP contribution in [0.25, 0.3) is 0 Å². The summed E-state index contributed by atoms with van der Waals surface area (Å²) in [6, 6.07) is 8.81. The van der Waals surface area contributed by atoms with Crippen LogP contribution < -0.4 is 5.73 Å². The van der Waals surface area contributed by atoms with E-state index in [2.05, 4.69) is 10.1 Å². The number of aromatic nitrogens is 3. The van der Waals surface area contributed by atoms with Crippen LogP contribution in [-0.2, 0) is 30.5 Å². The number of amides is 1. The summed E-state index contributed by atoms with van der Waals surface area (Å²) in [5, 5.41) is 4.28. The molecule has 192 valence electrons. The van der Waals surface area contributed by atoms with E-state index in [1.165, 1.54) is 6.20 Å². The molecule has 10 heteroatoms. The molecule has 2 aromatic heterocycles. The molecule has 0 bridgehead atoms. The van der Waals surface area contributed by atoms with Gasteiger partial charge in [-0.3, -0.25) is 14.3 Å². The van der Waals surface area contributed by atoms with Crippen molar-refractivity contribution >= 4 is 17.5 Å². The standard InChI is InChI=1S/C27H26F3N5O2/c28-27(29,30)21-9-24(31)33-22-6-5-17(25(21)22)8-23(36)19-10-32-35(14-19)12-16-3-1-15(2-4-16)11-34-13-18-7-20(18)26(34)37/h1-4,9-10,14,17-18,20H,5-8,11-13H2,(H2,31,33). The average Bonchev–Trinajstić information content (AvgIpc) is 3.12. The number of likely N-dealkylation sites (tertiary alicyclic amines) is 1. The number of nitrogens with two attached hydrogens (primary N) is 1. The van der Waals surface area contributed by atoms with Crippen molar-refractivity contribution in [2.24, 2.45) is 11.8 Å². The zero-order chi connectivity index (χ0) is 25.9. The maximum absolute atomic E-state index is 13.6. The number of nitrogens with zero attached hydrogens (tertiary/aromatic N) is 4. The molecule has 6 rings (SSSR count). The number of fused-ring (bicyclic) bond motifs is 2. The summed E-state index contributed by atoms with van der Waals surface area (Å²) in [7, 11) is 0. The van der Waals surface area contributed by atoms with Crippen LogP contribution in [0.2, 0.25) is 0 Å². The molecule has 1 aromatic carbocycles. The Labute approximate surface area is 211 Å². The second-order valence-electron chi connectivity index (χ2n) is 10.4. The number of alkyl halides is 3. The molecule has 2 N–H and O–H groups in total. The van der Waals surface area contributed by atoms with Crippen molar-refractivity contribution < 1.29 is 22.8 Å². The van der Waals surface area contributed by atoms with Crippen LogP contribution in [0.3, 0.4) is 0 Å². The van der Waals surface area contributed by atoms with Gasteiger partial charge in [-0.2, -0.15) is 18.3 Å².